The topological polar surface area (TPSA) is 28.2 Å². The molecule has 0 bridgehead atoms. The van der Waals surface area contributed by atoms with Gasteiger partial charge in [0.15, 0.2) is 0 Å². The molecule has 1 aromatic heterocycles. The van der Waals surface area contributed by atoms with Gasteiger partial charge in [0.25, 0.3) is 0 Å². The third kappa shape index (κ3) is 3.98. The molecular weight excluding hydrogens is 222 g/mol. The summed E-state index contributed by atoms with van der Waals surface area (Å²) in [6.45, 7) is 8.63. The van der Waals surface area contributed by atoms with Crippen molar-refractivity contribution < 1.29 is 0 Å². The number of nitrogens with one attached hydrogen (secondary N) is 1. The molecule has 0 amide bonds. The number of anilines is 1. The summed E-state index contributed by atoms with van der Waals surface area (Å²) in [5, 5.41) is 3.40. The predicted molar refractivity (Wildman–Crippen MR) is 76.8 cm³/mol. The Morgan fingerprint density at radius 1 is 1.33 bits per heavy atom. The van der Waals surface area contributed by atoms with E-state index in [4.69, 9.17) is 0 Å². The molecule has 1 fully saturated rings. The van der Waals surface area contributed by atoms with Crippen LogP contribution in [0.3, 0.4) is 0 Å². The Hall–Kier alpha value is -1.09. The van der Waals surface area contributed by atoms with Gasteiger partial charge in [0.05, 0.1) is 0 Å². The van der Waals surface area contributed by atoms with Crippen molar-refractivity contribution in [2.45, 2.75) is 39.7 Å². The fraction of sp³-hybridized carbons (Fsp3) is 0.667. The lowest BCUT2D eigenvalue weighted by atomic mass is 10.2. The minimum Gasteiger partial charge on any atom is -0.357 e. The van der Waals surface area contributed by atoms with E-state index in [0.29, 0.717) is 0 Å². The van der Waals surface area contributed by atoms with Crippen LogP contribution < -0.4 is 10.2 Å². The van der Waals surface area contributed by atoms with E-state index in [-0.39, 0.29) is 0 Å². The van der Waals surface area contributed by atoms with Crippen LogP contribution in [0.4, 0.5) is 5.82 Å². The summed E-state index contributed by atoms with van der Waals surface area (Å²) in [7, 11) is 0. The number of hydrogen-bond donors (Lipinski definition) is 1. The summed E-state index contributed by atoms with van der Waals surface area (Å²) in [5.74, 6) is 2.04. The first-order chi connectivity index (χ1) is 8.83. The van der Waals surface area contributed by atoms with Crippen molar-refractivity contribution in [2.75, 3.05) is 24.5 Å². The summed E-state index contributed by atoms with van der Waals surface area (Å²) in [4.78, 5) is 6.99. The molecule has 0 spiro atoms. The first-order valence-corrected chi connectivity index (χ1v) is 7.24. The summed E-state index contributed by atoms with van der Waals surface area (Å²) >= 11 is 0. The zero-order valence-electron chi connectivity index (χ0n) is 11.7. The van der Waals surface area contributed by atoms with Crippen molar-refractivity contribution in [3.63, 3.8) is 0 Å². The van der Waals surface area contributed by atoms with Gasteiger partial charge in [-0.1, -0.05) is 13.0 Å². The Bertz CT molecular complexity index is 343. The van der Waals surface area contributed by atoms with Gasteiger partial charge in [-0.15, -0.1) is 0 Å². The third-order valence-corrected chi connectivity index (χ3v) is 3.45. The largest absolute Gasteiger partial charge is 0.357 e. The fourth-order valence-corrected chi connectivity index (χ4v) is 2.11. The zero-order valence-corrected chi connectivity index (χ0v) is 11.7. The van der Waals surface area contributed by atoms with Crippen LogP contribution in [-0.4, -0.2) is 24.6 Å². The molecule has 0 saturated heterocycles. The Balaban J connectivity index is 1.88. The van der Waals surface area contributed by atoms with E-state index in [1.165, 1.54) is 31.4 Å². The van der Waals surface area contributed by atoms with E-state index in [1.54, 1.807) is 0 Å². The third-order valence-electron chi connectivity index (χ3n) is 3.45. The maximum atomic E-state index is 4.60. The highest BCUT2D eigenvalue weighted by Crippen LogP contribution is 2.30. The lowest BCUT2D eigenvalue weighted by Gasteiger charge is -2.21. The molecule has 0 atom stereocenters. The molecule has 0 aliphatic heterocycles. The van der Waals surface area contributed by atoms with E-state index < -0.39 is 0 Å². The van der Waals surface area contributed by atoms with Crippen LogP contribution in [0.2, 0.25) is 0 Å². The van der Waals surface area contributed by atoms with Crippen molar-refractivity contribution in [1.29, 1.82) is 0 Å². The highest BCUT2D eigenvalue weighted by molar-refractivity contribution is 5.39. The van der Waals surface area contributed by atoms with Gasteiger partial charge in [-0.25, -0.2) is 4.98 Å². The molecule has 0 aromatic carbocycles. The molecule has 1 aromatic rings. The molecule has 2 rings (SSSR count). The minimum atomic E-state index is 0.914. The molecule has 1 heterocycles. The van der Waals surface area contributed by atoms with Crippen molar-refractivity contribution in [3.8, 4) is 0 Å². The molecule has 18 heavy (non-hydrogen) atoms. The van der Waals surface area contributed by atoms with Crippen molar-refractivity contribution >= 4 is 5.82 Å². The van der Waals surface area contributed by atoms with Gasteiger partial charge in [0, 0.05) is 25.8 Å². The van der Waals surface area contributed by atoms with Crippen LogP contribution in [0.1, 0.15) is 38.7 Å². The molecule has 1 aliphatic rings. The van der Waals surface area contributed by atoms with E-state index in [1.807, 2.05) is 6.20 Å². The van der Waals surface area contributed by atoms with E-state index in [0.717, 1.165) is 31.4 Å². The second kappa shape index (κ2) is 6.74. The van der Waals surface area contributed by atoms with Crippen molar-refractivity contribution in [2.24, 2.45) is 5.92 Å². The summed E-state index contributed by atoms with van der Waals surface area (Å²) in [5.41, 5.74) is 1.27. The van der Waals surface area contributed by atoms with Crippen LogP contribution in [0.25, 0.3) is 0 Å². The minimum absolute atomic E-state index is 0.914. The predicted octanol–water partition coefficient (Wildman–Crippen LogP) is 2.82. The lowest BCUT2D eigenvalue weighted by molar-refractivity contribution is 0.673. The molecular formula is C15H25N3. The number of nitrogens with zero attached hydrogens (tertiary/aromatic N) is 2. The highest BCUT2D eigenvalue weighted by Gasteiger charge is 2.24. The first kappa shape index (κ1) is 13.3. The number of pyridine rings is 1. The van der Waals surface area contributed by atoms with E-state index in [9.17, 15) is 0 Å². The smallest absolute Gasteiger partial charge is 0.128 e. The van der Waals surface area contributed by atoms with Gasteiger partial charge in [0.1, 0.15) is 5.82 Å². The standard InChI is InChI=1S/C15H25N3/c1-3-9-16-10-14-7-8-15(17-11-14)18(4-2)12-13-5-6-13/h7-8,11,13,16H,3-6,9-10,12H2,1-2H3. The zero-order chi connectivity index (χ0) is 12.8. The van der Waals surface area contributed by atoms with Gasteiger partial charge >= 0.3 is 0 Å². The lowest BCUT2D eigenvalue weighted by Crippen LogP contribution is -2.26. The molecule has 100 valence electrons. The summed E-state index contributed by atoms with van der Waals surface area (Å²) < 4.78 is 0. The second-order valence-electron chi connectivity index (χ2n) is 5.18. The van der Waals surface area contributed by atoms with Crippen LogP contribution in [-0.2, 0) is 6.54 Å². The van der Waals surface area contributed by atoms with Crippen LogP contribution in [0.15, 0.2) is 18.3 Å². The monoisotopic (exact) mass is 247 g/mol. The molecule has 3 heteroatoms. The summed E-state index contributed by atoms with van der Waals surface area (Å²) in [6, 6.07) is 4.36. The van der Waals surface area contributed by atoms with Gasteiger partial charge in [0.2, 0.25) is 0 Å². The average molecular weight is 247 g/mol. The fourth-order valence-electron chi connectivity index (χ4n) is 2.11. The Kier molecular flexibility index (Phi) is 5.00. The Labute approximate surface area is 111 Å². The van der Waals surface area contributed by atoms with Gasteiger partial charge in [-0.2, -0.15) is 0 Å². The van der Waals surface area contributed by atoms with Crippen LogP contribution >= 0.6 is 0 Å². The van der Waals surface area contributed by atoms with Crippen molar-refractivity contribution in [3.05, 3.63) is 23.9 Å². The summed E-state index contributed by atoms with van der Waals surface area (Å²) in [6.07, 6.45) is 5.98. The molecule has 1 aliphatic carbocycles. The second-order valence-corrected chi connectivity index (χ2v) is 5.18. The number of hydrogen-bond acceptors (Lipinski definition) is 3. The van der Waals surface area contributed by atoms with Gasteiger partial charge < -0.3 is 10.2 Å². The van der Waals surface area contributed by atoms with Crippen LogP contribution in [0.5, 0.6) is 0 Å². The average Bonchev–Trinajstić information content (AvgIpc) is 3.21. The van der Waals surface area contributed by atoms with Gasteiger partial charge in [-0.3, -0.25) is 0 Å². The van der Waals surface area contributed by atoms with Crippen LogP contribution in [0, 0.1) is 5.92 Å². The molecule has 0 unspecified atom stereocenters. The molecule has 1 saturated carbocycles. The Morgan fingerprint density at radius 3 is 2.72 bits per heavy atom. The highest BCUT2D eigenvalue weighted by atomic mass is 15.2. The maximum Gasteiger partial charge on any atom is 0.128 e. The molecule has 1 N–H and O–H groups in total. The quantitative estimate of drug-likeness (QED) is 0.716. The first-order valence-electron chi connectivity index (χ1n) is 7.24. The number of rotatable bonds is 8. The maximum absolute atomic E-state index is 4.60. The SMILES string of the molecule is CCCNCc1ccc(N(CC)CC2CC2)nc1. The normalized spacial score (nSPS) is 14.8. The number of aromatic nitrogens is 1. The Morgan fingerprint density at radius 2 is 2.17 bits per heavy atom. The molecule has 0 radical (unpaired) electrons. The van der Waals surface area contributed by atoms with Gasteiger partial charge in [-0.05, 0) is 50.3 Å². The van der Waals surface area contributed by atoms with E-state index >= 15 is 0 Å². The van der Waals surface area contributed by atoms with Crippen molar-refractivity contribution in [1.82, 2.24) is 10.3 Å². The molecule has 3 nitrogen and oxygen atoms in total. The van der Waals surface area contributed by atoms with E-state index in [2.05, 4.69) is 41.2 Å².